The number of carbonyl (C=O) groups is 1. The molecule has 0 aromatic heterocycles. The van der Waals surface area contributed by atoms with Crippen LogP contribution in [0.3, 0.4) is 0 Å². The Morgan fingerprint density at radius 1 is 1.44 bits per heavy atom. The highest BCUT2D eigenvalue weighted by Crippen LogP contribution is 2.54. The number of hydrogen-bond acceptors (Lipinski definition) is 5. The van der Waals surface area contributed by atoms with E-state index in [4.69, 9.17) is 4.74 Å². The van der Waals surface area contributed by atoms with Crippen LogP contribution in [0.25, 0.3) is 0 Å². The van der Waals surface area contributed by atoms with E-state index in [0.29, 0.717) is 18.7 Å². The highest BCUT2D eigenvalue weighted by molar-refractivity contribution is 5.95. The number of aliphatic hydroxyl groups excluding tert-OH is 2. The van der Waals surface area contributed by atoms with E-state index in [2.05, 4.69) is 10.2 Å². The first-order valence-corrected chi connectivity index (χ1v) is 9.65. The van der Waals surface area contributed by atoms with Gasteiger partial charge in [0.1, 0.15) is 5.82 Å². The second kappa shape index (κ2) is 7.13. The monoisotopic (exact) mass is 378 g/mol. The Hall–Kier alpha value is -1.54. The molecule has 3 heterocycles. The molecule has 2 bridgehead atoms. The predicted octanol–water partition coefficient (Wildman–Crippen LogP) is 0.697. The number of ether oxygens (including phenoxy) is 1. The molecule has 3 N–H and O–H groups in total. The standard InChI is InChI=1S/C20H27FN2O4/c1-12-2-3-13(21)6-15(12)19(26)22-7-16-17-8-23(14(9-24)10-25)11-20(17)5-4-18(16)27-20/h2-3,6,14,16-18,24-25H,4-5,7-11H2,1H3,(H,22,26)/t16-,17+,18+,20+/m0/s1. The van der Waals surface area contributed by atoms with E-state index in [1.165, 1.54) is 12.1 Å². The highest BCUT2D eigenvalue weighted by Gasteiger charge is 2.63. The minimum absolute atomic E-state index is 0.0804. The molecule has 0 aliphatic carbocycles. The van der Waals surface area contributed by atoms with Crippen LogP contribution in [0.15, 0.2) is 18.2 Å². The van der Waals surface area contributed by atoms with Crippen LogP contribution in [0.2, 0.25) is 0 Å². The number of rotatable bonds is 6. The van der Waals surface area contributed by atoms with Crippen LogP contribution in [0.5, 0.6) is 0 Å². The normalized spacial score (nSPS) is 32.3. The Morgan fingerprint density at radius 2 is 2.22 bits per heavy atom. The number of hydrogen-bond donors (Lipinski definition) is 3. The van der Waals surface area contributed by atoms with Crippen LogP contribution in [0.1, 0.15) is 28.8 Å². The summed E-state index contributed by atoms with van der Waals surface area (Å²) < 4.78 is 19.8. The second-order valence-electron chi connectivity index (χ2n) is 8.15. The van der Waals surface area contributed by atoms with E-state index < -0.39 is 5.82 Å². The molecule has 1 amide bonds. The Kier molecular flexibility index (Phi) is 4.96. The van der Waals surface area contributed by atoms with Crippen molar-refractivity contribution in [2.45, 2.75) is 37.5 Å². The van der Waals surface area contributed by atoms with Gasteiger partial charge in [0.2, 0.25) is 0 Å². The molecule has 3 aliphatic rings. The van der Waals surface area contributed by atoms with Crippen molar-refractivity contribution in [3.8, 4) is 0 Å². The summed E-state index contributed by atoms with van der Waals surface area (Å²) in [7, 11) is 0. The van der Waals surface area contributed by atoms with Crippen molar-refractivity contribution in [2.75, 3.05) is 32.8 Å². The van der Waals surface area contributed by atoms with Gasteiger partial charge < -0.3 is 20.3 Å². The largest absolute Gasteiger partial charge is 0.395 e. The number of aryl methyl sites for hydroxylation is 1. The average Bonchev–Trinajstić information content (AvgIpc) is 3.31. The lowest BCUT2D eigenvalue weighted by Gasteiger charge is -2.29. The molecule has 1 aromatic carbocycles. The summed E-state index contributed by atoms with van der Waals surface area (Å²) >= 11 is 0. The van der Waals surface area contributed by atoms with Crippen LogP contribution in [-0.4, -0.2) is 71.6 Å². The first kappa shape index (κ1) is 18.8. The van der Waals surface area contributed by atoms with E-state index >= 15 is 0 Å². The minimum atomic E-state index is -0.418. The lowest BCUT2D eigenvalue weighted by molar-refractivity contribution is -0.00834. The van der Waals surface area contributed by atoms with Gasteiger partial charge in [0, 0.05) is 37.0 Å². The summed E-state index contributed by atoms with van der Waals surface area (Å²) in [6.45, 7) is 3.59. The Morgan fingerprint density at radius 3 is 2.96 bits per heavy atom. The summed E-state index contributed by atoms with van der Waals surface area (Å²) in [6, 6.07) is 3.97. The fourth-order valence-corrected chi connectivity index (χ4v) is 5.21. The van der Waals surface area contributed by atoms with Crippen LogP contribution >= 0.6 is 0 Å². The molecule has 0 radical (unpaired) electrons. The maximum absolute atomic E-state index is 13.5. The lowest BCUT2D eigenvalue weighted by Crippen LogP contribution is -2.42. The number of aliphatic hydroxyl groups is 2. The quantitative estimate of drug-likeness (QED) is 0.679. The van der Waals surface area contributed by atoms with Crippen molar-refractivity contribution in [1.29, 1.82) is 0 Å². The molecule has 6 nitrogen and oxygen atoms in total. The third-order valence-corrected chi connectivity index (χ3v) is 6.69. The van der Waals surface area contributed by atoms with Crippen molar-refractivity contribution < 1.29 is 24.1 Å². The second-order valence-corrected chi connectivity index (χ2v) is 8.15. The number of halogens is 1. The van der Waals surface area contributed by atoms with Crippen molar-refractivity contribution in [3.63, 3.8) is 0 Å². The fourth-order valence-electron chi connectivity index (χ4n) is 5.21. The van der Waals surface area contributed by atoms with Gasteiger partial charge in [-0.3, -0.25) is 9.69 Å². The third-order valence-electron chi connectivity index (χ3n) is 6.69. The number of benzene rings is 1. The molecule has 3 saturated heterocycles. The van der Waals surface area contributed by atoms with Gasteiger partial charge in [-0.2, -0.15) is 0 Å². The molecule has 0 saturated carbocycles. The molecule has 4 atom stereocenters. The first-order valence-electron chi connectivity index (χ1n) is 9.65. The highest BCUT2D eigenvalue weighted by atomic mass is 19.1. The zero-order valence-electron chi connectivity index (χ0n) is 15.5. The molecular weight excluding hydrogens is 351 g/mol. The summed E-state index contributed by atoms with van der Waals surface area (Å²) in [5, 5.41) is 22.0. The van der Waals surface area contributed by atoms with Gasteiger partial charge in [0.15, 0.2) is 0 Å². The molecule has 1 aromatic rings. The van der Waals surface area contributed by atoms with Crippen LogP contribution in [0.4, 0.5) is 4.39 Å². The molecule has 3 aliphatic heterocycles. The number of fused-ring (bicyclic) bond motifs is 1. The van der Waals surface area contributed by atoms with Crippen molar-refractivity contribution >= 4 is 5.91 Å². The summed E-state index contributed by atoms with van der Waals surface area (Å²) in [4.78, 5) is 14.7. The third kappa shape index (κ3) is 3.16. The van der Waals surface area contributed by atoms with Crippen LogP contribution in [-0.2, 0) is 4.74 Å². The zero-order chi connectivity index (χ0) is 19.2. The van der Waals surface area contributed by atoms with E-state index in [0.717, 1.165) is 24.9 Å². The molecule has 3 fully saturated rings. The number of amides is 1. The SMILES string of the molecule is Cc1ccc(F)cc1C(=O)NC[C@H]1[C@H]2CN(C(CO)CO)C[C@]23CC[C@H]1O3. The zero-order valence-corrected chi connectivity index (χ0v) is 15.5. The fraction of sp³-hybridized carbons (Fsp3) is 0.650. The Balaban J connectivity index is 1.44. The van der Waals surface area contributed by atoms with Gasteiger partial charge in [-0.15, -0.1) is 0 Å². The molecular formula is C20H27FN2O4. The maximum Gasteiger partial charge on any atom is 0.251 e. The molecule has 7 heteroatoms. The molecule has 4 rings (SSSR count). The van der Waals surface area contributed by atoms with Crippen molar-refractivity contribution in [1.82, 2.24) is 10.2 Å². The smallest absolute Gasteiger partial charge is 0.251 e. The van der Waals surface area contributed by atoms with Gasteiger partial charge in [-0.1, -0.05) is 6.07 Å². The van der Waals surface area contributed by atoms with E-state index in [9.17, 15) is 19.4 Å². The van der Waals surface area contributed by atoms with Gasteiger partial charge >= 0.3 is 0 Å². The summed E-state index contributed by atoms with van der Waals surface area (Å²) in [5.41, 5.74) is 0.884. The van der Waals surface area contributed by atoms with Gasteiger partial charge in [0.25, 0.3) is 5.91 Å². The van der Waals surface area contributed by atoms with Gasteiger partial charge in [0.05, 0.1) is 31.0 Å². The number of carbonyl (C=O) groups excluding carboxylic acids is 1. The van der Waals surface area contributed by atoms with Crippen LogP contribution < -0.4 is 5.32 Å². The average molecular weight is 378 g/mol. The van der Waals surface area contributed by atoms with Crippen LogP contribution in [0, 0.1) is 24.6 Å². The van der Waals surface area contributed by atoms with Gasteiger partial charge in [-0.05, 0) is 37.5 Å². The Labute approximate surface area is 158 Å². The van der Waals surface area contributed by atoms with Gasteiger partial charge in [-0.25, -0.2) is 4.39 Å². The minimum Gasteiger partial charge on any atom is -0.395 e. The van der Waals surface area contributed by atoms with E-state index in [-0.39, 0.29) is 48.7 Å². The van der Waals surface area contributed by atoms with Crippen molar-refractivity contribution in [2.24, 2.45) is 11.8 Å². The topological polar surface area (TPSA) is 82.0 Å². The number of likely N-dealkylation sites (tertiary alicyclic amines) is 1. The molecule has 1 spiro atoms. The summed E-state index contributed by atoms with van der Waals surface area (Å²) in [5.74, 6) is -0.217. The molecule has 0 unspecified atom stereocenters. The summed E-state index contributed by atoms with van der Waals surface area (Å²) in [6.07, 6.45) is 2.08. The molecule has 27 heavy (non-hydrogen) atoms. The first-order chi connectivity index (χ1) is 13.0. The molecule has 148 valence electrons. The van der Waals surface area contributed by atoms with E-state index in [1.54, 1.807) is 13.0 Å². The number of nitrogens with zero attached hydrogens (tertiary/aromatic N) is 1. The number of nitrogens with one attached hydrogen (secondary N) is 1. The Bertz CT molecular complexity index is 726. The predicted molar refractivity (Wildman–Crippen MR) is 96.8 cm³/mol. The lowest BCUT2D eigenvalue weighted by atomic mass is 9.73. The maximum atomic E-state index is 13.5. The van der Waals surface area contributed by atoms with Crippen molar-refractivity contribution in [3.05, 3.63) is 35.1 Å². The van der Waals surface area contributed by atoms with E-state index in [1.807, 2.05) is 0 Å².